The van der Waals surface area contributed by atoms with Crippen molar-refractivity contribution in [3.8, 4) is 0 Å². The van der Waals surface area contributed by atoms with Crippen LogP contribution < -0.4 is 5.32 Å². The molecule has 0 spiro atoms. The van der Waals surface area contributed by atoms with E-state index in [1.807, 2.05) is 152 Å². The van der Waals surface area contributed by atoms with E-state index in [4.69, 9.17) is 28.4 Å². The Balaban J connectivity index is 0.0000000907. The Morgan fingerprint density at radius 1 is 0.384 bits per heavy atom. The summed E-state index contributed by atoms with van der Waals surface area (Å²) in [7, 11) is 6.85. The predicted molar refractivity (Wildman–Crippen MR) is 559 cm³/mol. The fraction of sp³-hybridized carbons (Fsp3) is 0.300. The van der Waals surface area contributed by atoms with Gasteiger partial charge in [0.2, 0.25) is 5.60 Å². The number of nitrogens with zero attached hydrogens (tertiary/aromatic N) is 9. The van der Waals surface area contributed by atoms with Gasteiger partial charge in [0, 0.05) is 191 Å². The van der Waals surface area contributed by atoms with Crippen molar-refractivity contribution < 1.29 is 77.6 Å². The third-order valence-electron chi connectivity index (χ3n) is 36.4. The number of likely N-dealkylation sites (N-methyl/N-ethyl adjacent to an activating group) is 1. The van der Waals surface area contributed by atoms with Crippen LogP contribution in [-0.2, 0) is 81.8 Å². The molecule has 8 aromatic heterocycles. The third-order valence-corrected chi connectivity index (χ3v) is 36.4. The first-order chi connectivity index (χ1) is 70.9. The Labute approximate surface area is 832 Å². The highest BCUT2D eigenvalue weighted by molar-refractivity contribution is 6.36. The molecule has 12 aliphatic rings. The Bertz CT molecular complexity index is 9660. The second-order valence-corrected chi connectivity index (χ2v) is 42.8. The number of ketones is 4. The van der Waals surface area contributed by atoms with Crippen molar-refractivity contribution in [2.75, 3.05) is 41.5 Å². The molecule has 0 unspecified atom stereocenters. The van der Waals surface area contributed by atoms with E-state index in [9.17, 15) is 49.2 Å². The molecule has 14 atom stereocenters. The summed E-state index contributed by atoms with van der Waals surface area (Å²) >= 11 is 0. The Morgan fingerprint density at radius 2 is 0.705 bits per heavy atom. The molecular weight excluding hydrogens is 1840 g/mol. The second-order valence-electron chi connectivity index (χ2n) is 42.8. The number of rotatable bonds is 7. The molecule has 4 saturated heterocycles. The summed E-state index contributed by atoms with van der Waals surface area (Å²) < 4.78 is 56.8. The van der Waals surface area contributed by atoms with E-state index in [-0.39, 0.29) is 72.7 Å². The van der Waals surface area contributed by atoms with Gasteiger partial charge in [0.15, 0.2) is 46.0 Å². The number of esters is 1. The largest absolute Gasteiger partial charge is 0.467 e. The summed E-state index contributed by atoms with van der Waals surface area (Å²) in [6, 6.07) is 75.1. The summed E-state index contributed by atoms with van der Waals surface area (Å²) in [5.74, 6) is -0.111. The molecule has 728 valence electrons. The van der Waals surface area contributed by atoms with Crippen molar-refractivity contribution >= 4 is 209 Å². The first kappa shape index (κ1) is 86.9. The molecule has 1 amide bonds. The van der Waals surface area contributed by atoms with E-state index in [1.54, 1.807) is 14.0 Å². The van der Waals surface area contributed by atoms with Crippen LogP contribution in [0.3, 0.4) is 0 Å². The number of ether oxygens (including phenoxy) is 6. The number of hydrogen-bond donors (Lipinski definition) is 5. The first-order valence-corrected chi connectivity index (χ1v) is 51.1. The van der Waals surface area contributed by atoms with E-state index in [2.05, 4.69) is 154 Å². The number of benzene rings is 13. The smallest absolute Gasteiger partial charge is 0.343 e. The molecule has 8 bridgehead atoms. The van der Waals surface area contributed by atoms with Crippen LogP contribution in [0.25, 0.3) is 174 Å². The van der Waals surface area contributed by atoms with Gasteiger partial charge in [0.05, 0.1) is 115 Å². The minimum absolute atomic E-state index is 0.0188. The quantitative estimate of drug-likeness (QED) is 0.0927. The lowest BCUT2D eigenvalue weighted by Crippen LogP contribution is -2.61. The molecule has 26 nitrogen and oxygen atoms in total. The standard InChI is InChI=1S/C36H31N3O4.C29H27N3O3.C28H22N2O5.C27H22N2O4/c1-36-34(42-3)26(37(2)35(41)20-11-5-4-6-12-20)19-28(43-36)38-24-15-9-7-13-21(24)31-30-23(17-18-27(30)40)29-22-14-8-10-16-25(22)39(36)33(29)32(31)38;1-29-18(14-33)19(30-2)13-23(35-29)31-20-9-5-3-7-15(20)26-25-17(11-12-22(25)34)24-16-8-4-6-10-21(16)32(29)28(24)27(26)31;1-27-28(33,26(32)34-2)13-20(35-27)29-17-9-5-3-7-14(17)23-22-16(11-12-19(22)31)21-15-8-4-6-10-18(15)30(27)25(21)24(23)29;1-26-27(32,13-30)12-20(33-26)28-17-8-4-2-6-14(17)23-22-16(10-11-19(22)31)21-15-7-3-5-9-18(15)29(26)25(21)24(23)28/h4-16,26,28,34H,17-19H2,1-3H3;3-10,18-19,23,30,33H,11-14H2,1-2H3;3-10,20,33H,11-13H2,1-2H3;2-9,20,30,32H,10-13H2,1H3/t26-,28-,34-,36+;18-,19-,23-,29+;20-,27+,28+;20-,26+,27+/m1111/s1. The number of hydrogen-bond acceptors (Lipinski definition) is 17. The van der Waals surface area contributed by atoms with E-state index < -0.39 is 71.5 Å². The van der Waals surface area contributed by atoms with Crippen molar-refractivity contribution in [2.24, 2.45) is 5.92 Å². The van der Waals surface area contributed by atoms with Gasteiger partial charge >= 0.3 is 5.97 Å². The highest BCUT2D eigenvalue weighted by Crippen LogP contribution is 2.64. The number of para-hydroxylation sites is 8. The maximum atomic E-state index is 13.9. The first-order valence-electron chi connectivity index (χ1n) is 51.1. The Kier molecular flexibility index (Phi) is 17.7. The van der Waals surface area contributed by atoms with Gasteiger partial charge in [-0.25, -0.2) is 4.79 Å². The normalized spacial score (nSPS) is 26.6. The number of amides is 1. The van der Waals surface area contributed by atoms with Crippen LogP contribution in [0.1, 0.15) is 178 Å². The van der Waals surface area contributed by atoms with Gasteiger partial charge in [0.25, 0.3) is 5.91 Å². The summed E-state index contributed by atoms with van der Waals surface area (Å²) in [4.78, 5) is 82.5. The number of carbonyl (C=O) groups excluding carboxylic acids is 6. The van der Waals surface area contributed by atoms with E-state index in [1.165, 1.54) is 18.1 Å². The second kappa shape index (κ2) is 29.7. The number of aliphatic hydroxyl groups is 4. The van der Waals surface area contributed by atoms with Gasteiger partial charge in [0.1, 0.15) is 36.6 Å². The summed E-state index contributed by atoms with van der Waals surface area (Å²) in [6.07, 6.45) is 4.30. The number of carbonyl (C=O) groups is 6. The van der Waals surface area contributed by atoms with E-state index in [0.29, 0.717) is 50.5 Å². The number of methoxy groups -OCH3 is 2. The molecule has 26 heteroatoms. The highest BCUT2D eigenvalue weighted by Gasteiger charge is 2.67. The number of aryl methyl sites for hydroxylation is 4. The molecule has 4 aliphatic carbocycles. The summed E-state index contributed by atoms with van der Waals surface area (Å²) in [5, 5.41) is 65.1. The molecule has 21 aromatic rings. The Hall–Kier alpha value is -14.5. The van der Waals surface area contributed by atoms with Crippen molar-refractivity contribution in [3.05, 3.63) is 275 Å². The monoisotopic (exact) mass is 1940 g/mol. The average molecular weight is 1940 g/mol. The molecule has 0 saturated carbocycles. The minimum Gasteiger partial charge on any atom is -0.467 e. The van der Waals surface area contributed by atoms with Crippen molar-refractivity contribution in [3.63, 3.8) is 0 Å². The fourth-order valence-corrected chi connectivity index (χ4v) is 30.3. The molecule has 16 heterocycles. The van der Waals surface area contributed by atoms with Crippen LogP contribution in [-0.4, -0.2) is 168 Å². The molecular formula is C120H102N10O16. The van der Waals surface area contributed by atoms with Crippen molar-refractivity contribution in [1.82, 2.24) is 46.8 Å². The average Bonchev–Trinajstić information content (AvgIpc) is 1.51. The molecule has 5 N–H and O–H groups in total. The van der Waals surface area contributed by atoms with Gasteiger partial charge in [-0.15, -0.1) is 0 Å². The molecule has 8 aliphatic heterocycles. The SMILES string of the molecule is CN[C@@H]1C[C@H]2O[C@@](C)([C@@H]1CO)n1c3ccccc3c3c4c(c5c6ccccc6n2c5c31)C(=O)CC4.COC(=O)[C@@]1(O)C[C@H]2O[C@]1(C)n1c3ccccc3c3c4c(c5c6ccccc6n2c5c31)C(=O)CC4.CO[C@@H]1[C@H](N(C)C(=O)c2ccccc2)C[C@H]2O[C@]1(C)n1c3ccccc3c3c4c(c5c6ccccc6n2c5c31)C(=O)CC4.C[C@]12O[C@H](C[C@]1(O)CO)n1c3ccccc3c3c4c(c5c6ccccc6n2c5c31)CCC4=O. The fourth-order valence-electron chi connectivity index (χ4n) is 30.3. The minimum atomic E-state index is -1.91. The van der Waals surface area contributed by atoms with Crippen LogP contribution in [0.4, 0.5) is 0 Å². The van der Waals surface area contributed by atoms with Gasteiger partial charge in [-0.05, 0) is 143 Å². The predicted octanol–water partition coefficient (Wildman–Crippen LogP) is 20.5. The molecule has 0 radical (unpaired) electrons. The lowest BCUT2D eigenvalue weighted by atomic mass is 9.84. The van der Waals surface area contributed by atoms with Gasteiger partial charge in [-0.1, -0.05) is 164 Å². The van der Waals surface area contributed by atoms with Crippen LogP contribution in [0, 0.1) is 5.92 Å². The topological polar surface area (TPSA) is 293 Å². The molecule has 4 fully saturated rings. The lowest BCUT2D eigenvalue weighted by Gasteiger charge is -2.50. The van der Waals surface area contributed by atoms with Crippen LogP contribution in [0.5, 0.6) is 0 Å². The van der Waals surface area contributed by atoms with E-state index in [0.717, 1.165) is 227 Å². The highest BCUT2D eigenvalue weighted by atomic mass is 16.6. The van der Waals surface area contributed by atoms with E-state index >= 15 is 0 Å². The lowest BCUT2D eigenvalue weighted by molar-refractivity contribution is -0.264. The van der Waals surface area contributed by atoms with Crippen LogP contribution >= 0.6 is 0 Å². The number of Topliss-reactive ketones (excluding diaryl/α,β-unsaturated/α-hetero) is 4. The zero-order valence-corrected chi connectivity index (χ0v) is 81.6. The Morgan fingerprint density at radius 3 is 1.08 bits per heavy atom. The van der Waals surface area contributed by atoms with Crippen LogP contribution in [0.2, 0.25) is 0 Å². The molecule has 33 rings (SSSR count). The molecule has 13 aromatic carbocycles. The number of aliphatic hydroxyl groups excluding tert-OH is 2. The van der Waals surface area contributed by atoms with Gasteiger partial charge < -0.3 is 95.6 Å². The molecule has 146 heavy (non-hydrogen) atoms. The zero-order chi connectivity index (χ0) is 99.0. The maximum Gasteiger partial charge on any atom is 0.343 e. The number of nitrogens with one attached hydrogen (secondary N) is 1. The van der Waals surface area contributed by atoms with Gasteiger partial charge in [-0.2, -0.15) is 0 Å². The van der Waals surface area contributed by atoms with Gasteiger partial charge in [-0.3, -0.25) is 24.0 Å². The van der Waals surface area contributed by atoms with Crippen molar-refractivity contribution in [2.45, 2.75) is 182 Å². The summed E-state index contributed by atoms with van der Waals surface area (Å²) in [5.41, 5.74) is 16.8. The summed E-state index contributed by atoms with van der Waals surface area (Å²) in [6.45, 7) is 7.50. The van der Waals surface area contributed by atoms with Crippen molar-refractivity contribution in [1.29, 1.82) is 0 Å². The third kappa shape index (κ3) is 10.3. The number of fused-ring (bicyclic) bond motifs is 52. The van der Waals surface area contributed by atoms with Crippen LogP contribution in [0.15, 0.2) is 224 Å². The maximum absolute atomic E-state index is 13.9. The number of aromatic nitrogens is 8. The zero-order valence-electron chi connectivity index (χ0n) is 81.6.